The van der Waals surface area contributed by atoms with Crippen molar-refractivity contribution in [1.29, 1.82) is 0 Å². The molecule has 1 amide bonds. The first-order chi connectivity index (χ1) is 12.1. The molecule has 0 saturated carbocycles. The molecule has 1 N–H and O–H groups in total. The zero-order chi connectivity index (χ0) is 17.6. The Morgan fingerprint density at radius 1 is 1.12 bits per heavy atom. The van der Waals surface area contributed by atoms with E-state index in [1.807, 2.05) is 35.2 Å². The normalized spacial score (nSPS) is 14.6. The Morgan fingerprint density at radius 3 is 2.52 bits per heavy atom. The van der Waals surface area contributed by atoms with Gasteiger partial charge in [-0.15, -0.1) is 0 Å². The van der Waals surface area contributed by atoms with E-state index < -0.39 is 0 Å². The maximum absolute atomic E-state index is 12.9. The molecule has 1 fully saturated rings. The minimum Gasteiger partial charge on any atom is -0.370 e. The third kappa shape index (κ3) is 4.56. The third-order valence-corrected chi connectivity index (χ3v) is 4.31. The minimum atomic E-state index is 0.00637. The summed E-state index contributed by atoms with van der Waals surface area (Å²) in [4.78, 5) is 24.0. The van der Waals surface area contributed by atoms with Gasteiger partial charge in [0.25, 0.3) is 5.91 Å². The van der Waals surface area contributed by atoms with Gasteiger partial charge in [0, 0.05) is 31.3 Å². The van der Waals surface area contributed by atoms with Crippen molar-refractivity contribution >= 4 is 11.7 Å². The number of hydrogen-bond donors (Lipinski definition) is 1. The van der Waals surface area contributed by atoms with E-state index in [1.54, 1.807) is 6.07 Å². The number of likely N-dealkylation sites (tertiary alicyclic amines) is 1. The Bertz CT molecular complexity index is 709. The summed E-state index contributed by atoms with van der Waals surface area (Å²) >= 11 is 0. The molecule has 0 unspecified atom stereocenters. The van der Waals surface area contributed by atoms with Crippen molar-refractivity contribution in [2.24, 2.45) is 5.92 Å². The molecule has 2 heterocycles. The summed E-state index contributed by atoms with van der Waals surface area (Å²) < 4.78 is 0. The molecule has 0 bridgehead atoms. The number of nitrogens with zero attached hydrogens (tertiary/aromatic N) is 3. The molecule has 1 saturated heterocycles. The predicted octanol–water partition coefficient (Wildman–Crippen LogP) is 3.84. The van der Waals surface area contributed by atoms with Crippen molar-refractivity contribution in [2.45, 2.75) is 33.1 Å². The van der Waals surface area contributed by atoms with Gasteiger partial charge < -0.3 is 10.2 Å². The van der Waals surface area contributed by atoms with Crippen molar-refractivity contribution in [3.05, 3.63) is 42.1 Å². The molecular formula is C20H26N4O. The van der Waals surface area contributed by atoms with E-state index in [2.05, 4.69) is 29.1 Å². The molecule has 1 aromatic carbocycles. The van der Waals surface area contributed by atoms with Crippen molar-refractivity contribution in [1.82, 2.24) is 14.9 Å². The zero-order valence-corrected chi connectivity index (χ0v) is 15.0. The fraction of sp³-hybridized carbons (Fsp3) is 0.450. The Balaban J connectivity index is 1.92. The molecule has 1 aliphatic rings. The van der Waals surface area contributed by atoms with Crippen LogP contribution in [0.25, 0.3) is 11.4 Å². The van der Waals surface area contributed by atoms with Crippen LogP contribution < -0.4 is 5.32 Å². The highest BCUT2D eigenvalue weighted by Crippen LogP contribution is 2.20. The summed E-state index contributed by atoms with van der Waals surface area (Å²) in [6.45, 7) is 6.73. The largest absolute Gasteiger partial charge is 0.370 e. The molecule has 3 rings (SSSR count). The van der Waals surface area contributed by atoms with Crippen LogP contribution in [0.15, 0.2) is 36.4 Å². The molecule has 132 valence electrons. The average molecular weight is 338 g/mol. The van der Waals surface area contributed by atoms with Crippen LogP contribution in [0, 0.1) is 5.92 Å². The van der Waals surface area contributed by atoms with E-state index in [4.69, 9.17) is 0 Å². The third-order valence-electron chi connectivity index (χ3n) is 4.31. The van der Waals surface area contributed by atoms with Gasteiger partial charge in [0.05, 0.1) is 0 Å². The van der Waals surface area contributed by atoms with E-state index in [9.17, 15) is 4.79 Å². The summed E-state index contributed by atoms with van der Waals surface area (Å²) in [7, 11) is 0. The molecule has 1 aromatic heterocycles. The number of nitrogens with one attached hydrogen (secondary N) is 1. The van der Waals surface area contributed by atoms with Crippen molar-refractivity contribution < 1.29 is 4.79 Å². The fourth-order valence-electron chi connectivity index (χ4n) is 2.93. The molecule has 25 heavy (non-hydrogen) atoms. The van der Waals surface area contributed by atoms with Gasteiger partial charge in [0.1, 0.15) is 11.5 Å². The first kappa shape index (κ1) is 17.4. The van der Waals surface area contributed by atoms with Crippen LogP contribution in [-0.2, 0) is 0 Å². The average Bonchev–Trinajstić information content (AvgIpc) is 2.67. The highest BCUT2D eigenvalue weighted by Gasteiger charge is 2.21. The molecule has 2 aromatic rings. The van der Waals surface area contributed by atoms with Crippen LogP contribution in [0.4, 0.5) is 5.82 Å². The first-order valence-corrected chi connectivity index (χ1v) is 9.11. The van der Waals surface area contributed by atoms with E-state index in [0.717, 1.165) is 38.0 Å². The van der Waals surface area contributed by atoms with Gasteiger partial charge in [0.15, 0.2) is 5.82 Å². The van der Waals surface area contributed by atoms with Gasteiger partial charge in [0.2, 0.25) is 0 Å². The number of carbonyl (C=O) groups is 1. The Morgan fingerprint density at radius 2 is 1.84 bits per heavy atom. The summed E-state index contributed by atoms with van der Waals surface area (Å²) in [5.41, 5.74) is 1.39. The molecule has 5 nitrogen and oxygen atoms in total. The Hall–Kier alpha value is -2.43. The Kier molecular flexibility index (Phi) is 5.64. The smallest absolute Gasteiger partial charge is 0.272 e. The molecule has 5 heteroatoms. The maximum atomic E-state index is 12.9. The van der Waals surface area contributed by atoms with E-state index >= 15 is 0 Å². The molecule has 0 aliphatic carbocycles. The standard InChI is InChI=1S/C20H26N4O/c1-15(2)14-21-18-13-17(20(25)24-11-7-4-8-12-24)22-19(23-18)16-9-5-3-6-10-16/h3,5-6,9-10,13,15H,4,7-8,11-12,14H2,1-2H3,(H,21,22,23). The molecular weight excluding hydrogens is 312 g/mol. The number of anilines is 1. The quantitative estimate of drug-likeness (QED) is 0.900. The highest BCUT2D eigenvalue weighted by atomic mass is 16.2. The van der Waals surface area contributed by atoms with Crippen LogP contribution in [-0.4, -0.2) is 40.4 Å². The number of rotatable bonds is 5. The van der Waals surface area contributed by atoms with Crippen molar-refractivity contribution in [3.8, 4) is 11.4 Å². The van der Waals surface area contributed by atoms with Gasteiger partial charge >= 0.3 is 0 Å². The van der Waals surface area contributed by atoms with Crippen molar-refractivity contribution in [3.63, 3.8) is 0 Å². The fourth-order valence-corrected chi connectivity index (χ4v) is 2.93. The molecule has 1 aliphatic heterocycles. The van der Waals surface area contributed by atoms with Gasteiger partial charge in [-0.25, -0.2) is 9.97 Å². The zero-order valence-electron chi connectivity index (χ0n) is 15.0. The van der Waals surface area contributed by atoms with Crippen LogP contribution >= 0.6 is 0 Å². The molecule has 0 radical (unpaired) electrons. The number of piperidine rings is 1. The topological polar surface area (TPSA) is 58.1 Å². The lowest BCUT2D eigenvalue weighted by Crippen LogP contribution is -2.36. The van der Waals surface area contributed by atoms with Gasteiger partial charge in [-0.2, -0.15) is 0 Å². The minimum absolute atomic E-state index is 0.00637. The molecule has 0 spiro atoms. The predicted molar refractivity (Wildman–Crippen MR) is 101 cm³/mol. The number of carbonyl (C=O) groups excluding carboxylic acids is 1. The van der Waals surface area contributed by atoms with Crippen LogP contribution in [0.3, 0.4) is 0 Å². The van der Waals surface area contributed by atoms with Crippen molar-refractivity contribution in [2.75, 3.05) is 25.0 Å². The van der Waals surface area contributed by atoms with E-state index in [1.165, 1.54) is 6.42 Å². The lowest BCUT2D eigenvalue weighted by atomic mass is 10.1. The molecule has 0 atom stereocenters. The maximum Gasteiger partial charge on any atom is 0.272 e. The second-order valence-corrected chi connectivity index (χ2v) is 6.96. The Labute approximate surface area is 149 Å². The SMILES string of the molecule is CC(C)CNc1cc(C(=O)N2CCCCC2)nc(-c2ccccc2)n1. The summed E-state index contributed by atoms with van der Waals surface area (Å²) in [5.74, 6) is 1.81. The van der Waals surface area contributed by atoms with Gasteiger partial charge in [-0.05, 0) is 25.2 Å². The lowest BCUT2D eigenvalue weighted by molar-refractivity contribution is 0.0718. The summed E-state index contributed by atoms with van der Waals surface area (Å²) in [6, 6.07) is 11.6. The van der Waals surface area contributed by atoms with Crippen LogP contribution in [0.1, 0.15) is 43.6 Å². The van der Waals surface area contributed by atoms with E-state index in [0.29, 0.717) is 23.3 Å². The highest BCUT2D eigenvalue weighted by molar-refractivity contribution is 5.93. The first-order valence-electron chi connectivity index (χ1n) is 9.11. The summed E-state index contributed by atoms with van der Waals surface area (Å²) in [5, 5.41) is 3.33. The van der Waals surface area contributed by atoms with Crippen LogP contribution in [0.2, 0.25) is 0 Å². The number of benzene rings is 1. The second kappa shape index (κ2) is 8.10. The number of amides is 1. The van der Waals surface area contributed by atoms with Gasteiger partial charge in [-0.1, -0.05) is 44.2 Å². The number of hydrogen-bond acceptors (Lipinski definition) is 4. The number of aromatic nitrogens is 2. The van der Waals surface area contributed by atoms with Crippen LogP contribution in [0.5, 0.6) is 0 Å². The summed E-state index contributed by atoms with van der Waals surface area (Å²) in [6.07, 6.45) is 3.34. The van der Waals surface area contributed by atoms with E-state index in [-0.39, 0.29) is 5.91 Å². The lowest BCUT2D eigenvalue weighted by Gasteiger charge is -2.26. The second-order valence-electron chi connectivity index (χ2n) is 6.96. The van der Waals surface area contributed by atoms with Gasteiger partial charge in [-0.3, -0.25) is 4.79 Å². The monoisotopic (exact) mass is 338 g/mol.